The second-order valence-corrected chi connectivity index (χ2v) is 5.98. The number of benzene rings is 1. The van der Waals surface area contributed by atoms with Crippen LogP contribution in [0.3, 0.4) is 0 Å². The zero-order valence-electron chi connectivity index (χ0n) is 12.8. The number of carbonyl (C=O) groups excluding carboxylic acids is 1. The van der Waals surface area contributed by atoms with Crippen molar-refractivity contribution in [3.05, 3.63) is 59.7 Å². The summed E-state index contributed by atoms with van der Waals surface area (Å²) in [6.45, 7) is 1.86. The van der Waals surface area contributed by atoms with Crippen LogP contribution in [0.1, 0.15) is 53.3 Å². The van der Waals surface area contributed by atoms with Gasteiger partial charge in [-0.1, -0.05) is 30.3 Å². The summed E-state index contributed by atoms with van der Waals surface area (Å²) in [5, 5.41) is 3.09. The lowest BCUT2D eigenvalue weighted by Gasteiger charge is -2.29. The van der Waals surface area contributed by atoms with Crippen LogP contribution in [0.4, 0.5) is 0 Å². The van der Waals surface area contributed by atoms with Crippen molar-refractivity contribution in [2.24, 2.45) is 0 Å². The van der Waals surface area contributed by atoms with E-state index in [9.17, 15) is 4.79 Å². The van der Waals surface area contributed by atoms with Gasteiger partial charge in [-0.2, -0.15) is 0 Å². The van der Waals surface area contributed by atoms with E-state index >= 15 is 0 Å². The van der Waals surface area contributed by atoms with E-state index in [2.05, 4.69) is 45.6 Å². The Labute approximate surface area is 131 Å². The third kappa shape index (κ3) is 3.50. The van der Waals surface area contributed by atoms with E-state index < -0.39 is 0 Å². The molecular formula is C18H21N3O. The molecule has 0 radical (unpaired) electrons. The van der Waals surface area contributed by atoms with E-state index in [4.69, 9.17) is 0 Å². The molecule has 22 heavy (non-hydrogen) atoms. The Bertz CT molecular complexity index is 617. The highest BCUT2D eigenvalue weighted by Gasteiger charge is 2.24. The summed E-state index contributed by atoms with van der Waals surface area (Å²) in [4.78, 5) is 20.4. The fraction of sp³-hybridized carbons (Fsp3) is 0.389. The van der Waals surface area contributed by atoms with Crippen LogP contribution < -0.4 is 5.32 Å². The van der Waals surface area contributed by atoms with Gasteiger partial charge < -0.3 is 5.32 Å². The molecule has 1 aromatic heterocycles. The summed E-state index contributed by atoms with van der Waals surface area (Å²) < 4.78 is 0. The molecule has 1 aromatic carbocycles. The number of rotatable bonds is 3. The van der Waals surface area contributed by atoms with Gasteiger partial charge >= 0.3 is 0 Å². The molecule has 1 N–H and O–H groups in total. The highest BCUT2D eigenvalue weighted by molar-refractivity contribution is 5.92. The number of hydrogen-bond acceptors (Lipinski definition) is 3. The lowest BCUT2D eigenvalue weighted by Crippen LogP contribution is -2.37. The second kappa shape index (κ2) is 6.69. The van der Waals surface area contributed by atoms with Crippen LogP contribution >= 0.6 is 0 Å². The molecule has 0 aliphatic heterocycles. The van der Waals surface area contributed by atoms with Crippen molar-refractivity contribution in [2.75, 3.05) is 0 Å². The Kier molecular flexibility index (Phi) is 4.47. The van der Waals surface area contributed by atoms with Gasteiger partial charge in [-0.25, -0.2) is 4.98 Å². The predicted octanol–water partition coefficient (Wildman–Crippen LogP) is 3.24. The number of aromatic nitrogens is 2. The van der Waals surface area contributed by atoms with Gasteiger partial charge in [-0.15, -0.1) is 0 Å². The molecule has 4 nitrogen and oxygen atoms in total. The standard InChI is InChI=1S/C18H21N3O/c1-13-11-20-17(12-19-13)18(22)21-16-9-7-15(8-10-16)14-5-3-2-4-6-14/h2-6,11-12,15-16H,7-10H2,1H3,(H,21,22). The maximum Gasteiger partial charge on any atom is 0.271 e. The number of nitrogens with one attached hydrogen (secondary N) is 1. The van der Waals surface area contributed by atoms with Crippen LogP contribution in [0.15, 0.2) is 42.7 Å². The van der Waals surface area contributed by atoms with Crippen LogP contribution in [0, 0.1) is 6.92 Å². The maximum absolute atomic E-state index is 12.2. The van der Waals surface area contributed by atoms with Crippen molar-refractivity contribution < 1.29 is 4.79 Å². The van der Waals surface area contributed by atoms with Crippen LogP contribution in [-0.4, -0.2) is 21.9 Å². The Hall–Kier alpha value is -2.23. The van der Waals surface area contributed by atoms with Crippen molar-refractivity contribution >= 4 is 5.91 Å². The van der Waals surface area contributed by atoms with Crippen LogP contribution in [0.5, 0.6) is 0 Å². The molecule has 1 heterocycles. The number of carbonyl (C=O) groups is 1. The highest BCUT2D eigenvalue weighted by Crippen LogP contribution is 2.32. The third-order valence-corrected chi connectivity index (χ3v) is 4.35. The minimum Gasteiger partial charge on any atom is -0.348 e. The van der Waals surface area contributed by atoms with Crippen molar-refractivity contribution in [2.45, 2.75) is 44.6 Å². The normalized spacial score (nSPS) is 21.3. The molecule has 1 aliphatic rings. The van der Waals surface area contributed by atoms with Crippen molar-refractivity contribution in [3.63, 3.8) is 0 Å². The Morgan fingerprint density at radius 2 is 1.77 bits per heavy atom. The second-order valence-electron chi connectivity index (χ2n) is 5.98. The monoisotopic (exact) mass is 295 g/mol. The predicted molar refractivity (Wildman–Crippen MR) is 85.7 cm³/mol. The molecule has 0 saturated heterocycles. The lowest BCUT2D eigenvalue weighted by atomic mass is 9.82. The molecule has 0 unspecified atom stereocenters. The van der Waals surface area contributed by atoms with Gasteiger partial charge in [0.15, 0.2) is 0 Å². The fourth-order valence-corrected chi connectivity index (χ4v) is 3.07. The molecular weight excluding hydrogens is 274 g/mol. The first-order chi connectivity index (χ1) is 10.7. The first-order valence-electron chi connectivity index (χ1n) is 7.87. The largest absolute Gasteiger partial charge is 0.348 e. The number of nitrogens with zero attached hydrogens (tertiary/aromatic N) is 2. The van der Waals surface area contributed by atoms with Crippen LogP contribution in [0.25, 0.3) is 0 Å². The highest BCUT2D eigenvalue weighted by atomic mass is 16.1. The van der Waals surface area contributed by atoms with Crippen molar-refractivity contribution in [1.82, 2.24) is 15.3 Å². The van der Waals surface area contributed by atoms with Crippen LogP contribution in [0.2, 0.25) is 0 Å². The minimum absolute atomic E-state index is 0.115. The first-order valence-corrected chi connectivity index (χ1v) is 7.87. The average Bonchev–Trinajstić information content (AvgIpc) is 2.57. The number of aryl methyl sites for hydroxylation is 1. The number of hydrogen-bond donors (Lipinski definition) is 1. The molecule has 3 rings (SSSR count). The summed E-state index contributed by atoms with van der Waals surface area (Å²) in [7, 11) is 0. The Morgan fingerprint density at radius 3 is 2.41 bits per heavy atom. The average molecular weight is 295 g/mol. The van der Waals surface area contributed by atoms with Gasteiger partial charge in [-0.3, -0.25) is 9.78 Å². The smallest absolute Gasteiger partial charge is 0.271 e. The van der Waals surface area contributed by atoms with E-state index in [1.165, 1.54) is 5.56 Å². The van der Waals surface area contributed by atoms with Gasteiger partial charge in [0, 0.05) is 12.2 Å². The van der Waals surface area contributed by atoms with Crippen LogP contribution in [-0.2, 0) is 0 Å². The summed E-state index contributed by atoms with van der Waals surface area (Å²) in [5.74, 6) is 0.504. The minimum atomic E-state index is -0.115. The SMILES string of the molecule is Cc1cnc(C(=O)NC2CCC(c3ccccc3)CC2)cn1. The van der Waals surface area contributed by atoms with E-state index in [-0.39, 0.29) is 11.9 Å². The molecule has 0 bridgehead atoms. The van der Waals surface area contributed by atoms with Crippen molar-refractivity contribution in [1.29, 1.82) is 0 Å². The Morgan fingerprint density at radius 1 is 1.05 bits per heavy atom. The maximum atomic E-state index is 12.2. The van der Waals surface area contributed by atoms with E-state index in [0.717, 1.165) is 31.4 Å². The molecule has 1 amide bonds. The molecule has 114 valence electrons. The van der Waals surface area contributed by atoms with Crippen molar-refractivity contribution in [3.8, 4) is 0 Å². The van der Waals surface area contributed by atoms with Gasteiger partial charge in [0.25, 0.3) is 5.91 Å². The summed E-state index contributed by atoms with van der Waals surface area (Å²) in [6, 6.07) is 10.9. The van der Waals surface area contributed by atoms with Gasteiger partial charge in [-0.05, 0) is 44.1 Å². The number of amides is 1. The first kappa shape index (κ1) is 14.7. The quantitative estimate of drug-likeness (QED) is 0.945. The lowest BCUT2D eigenvalue weighted by molar-refractivity contribution is 0.0920. The molecule has 1 fully saturated rings. The fourth-order valence-electron chi connectivity index (χ4n) is 3.07. The van der Waals surface area contributed by atoms with E-state index in [1.807, 2.05) is 6.92 Å². The van der Waals surface area contributed by atoms with E-state index in [0.29, 0.717) is 11.6 Å². The molecule has 0 atom stereocenters. The summed E-state index contributed by atoms with van der Waals surface area (Å²) in [5.41, 5.74) is 2.63. The van der Waals surface area contributed by atoms with Gasteiger partial charge in [0.2, 0.25) is 0 Å². The molecule has 2 aromatic rings. The Balaban J connectivity index is 1.53. The zero-order valence-corrected chi connectivity index (χ0v) is 12.8. The van der Waals surface area contributed by atoms with E-state index in [1.54, 1.807) is 12.4 Å². The zero-order chi connectivity index (χ0) is 15.4. The molecule has 1 saturated carbocycles. The topological polar surface area (TPSA) is 54.9 Å². The summed E-state index contributed by atoms with van der Waals surface area (Å²) in [6.07, 6.45) is 7.44. The van der Waals surface area contributed by atoms with Gasteiger partial charge in [0.1, 0.15) is 5.69 Å². The molecule has 4 heteroatoms. The molecule has 0 spiro atoms. The third-order valence-electron chi connectivity index (χ3n) is 4.35. The summed E-state index contributed by atoms with van der Waals surface area (Å²) >= 11 is 0. The molecule has 1 aliphatic carbocycles. The van der Waals surface area contributed by atoms with Gasteiger partial charge in [0.05, 0.1) is 11.9 Å².